The molecule has 0 unspecified atom stereocenters. The van der Waals surface area contributed by atoms with E-state index >= 15 is 0 Å². The minimum atomic E-state index is -0.0656. The molecule has 0 amide bonds. The summed E-state index contributed by atoms with van der Waals surface area (Å²) in [5, 5.41) is 20.3. The molecule has 0 saturated heterocycles. The molecule has 1 aliphatic rings. The van der Waals surface area contributed by atoms with Crippen LogP contribution in [0.2, 0.25) is 0 Å². The van der Waals surface area contributed by atoms with Crippen LogP contribution in [0.15, 0.2) is 17.5 Å². The molecule has 1 aliphatic carbocycles. The van der Waals surface area contributed by atoms with Crippen molar-refractivity contribution in [2.24, 2.45) is 10.9 Å². The van der Waals surface area contributed by atoms with E-state index in [0.29, 0.717) is 24.1 Å². The lowest BCUT2D eigenvalue weighted by Gasteiger charge is -2.21. The smallest absolute Gasteiger partial charge is 0.190 e. The van der Waals surface area contributed by atoms with Crippen molar-refractivity contribution < 1.29 is 10.3 Å². The highest BCUT2D eigenvalue weighted by Crippen LogP contribution is 2.29. The monoisotopic (exact) mass is 237 g/mol. The zero-order valence-electron chi connectivity index (χ0n) is 9.32. The number of rotatable bonds is 5. The van der Waals surface area contributed by atoms with Gasteiger partial charge in [0.15, 0.2) is 5.84 Å². The maximum absolute atomic E-state index is 8.99. The lowest BCUT2D eigenvalue weighted by molar-refractivity contribution is 0.301. The number of nitrogens with two attached hydrogens (primary N) is 1. The lowest BCUT2D eigenvalue weighted by atomic mass is 10.4. The minimum absolute atomic E-state index is 0.0656. The third kappa shape index (κ3) is 2.62. The number of hydrogen-bond acceptors (Lipinski definition) is 6. The highest BCUT2D eigenvalue weighted by atomic mass is 16.4. The fraction of sp³-hybridized carbons (Fsp3) is 0.500. The van der Waals surface area contributed by atoms with Crippen molar-refractivity contribution >= 4 is 11.7 Å². The zero-order chi connectivity index (χ0) is 12.3. The Kier molecular flexibility index (Phi) is 3.38. The summed E-state index contributed by atoms with van der Waals surface area (Å²) in [6.45, 7) is 0.627. The standard InChI is InChI=1S/C10H15N5O2/c11-10(14-17)8-5-13-9(6-12-8)15(3-4-16)7-1-2-7/h5-7,16-17H,1-4H2,(H2,11,14). The number of amidine groups is 1. The topological polar surface area (TPSA) is 108 Å². The first-order valence-corrected chi connectivity index (χ1v) is 5.43. The van der Waals surface area contributed by atoms with E-state index in [1.165, 1.54) is 6.20 Å². The second kappa shape index (κ2) is 4.96. The molecule has 17 heavy (non-hydrogen) atoms. The molecule has 1 aromatic rings. The summed E-state index contributed by atoms with van der Waals surface area (Å²) in [5.41, 5.74) is 5.72. The van der Waals surface area contributed by atoms with Crippen LogP contribution in [-0.2, 0) is 0 Å². The molecule has 7 heteroatoms. The summed E-state index contributed by atoms with van der Waals surface area (Å²) in [5.74, 6) is 0.639. The van der Waals surface area contributed by atoms with Crippen LogP contribution in [0.25, 0.3) is 0 Å². The van der Waals surface area contributed by atoms with Gasteiger partial charge in [-0.15, -0.1) is 0 Å². The van der Waals surface area contributed by atoms with Crippen molar-refractivity contribution in [1.82, 2.24) is 9.97 Å². The van der Waals surface area contributed by atoms with E-state index in [0.717, 1.165) is 12.8 Å². The second-order valence-corrected chi connectivity index (χ2v) is 3.89. The normalized spacial score (nSPS) is 15.9. The molecule has 1 heterocycles. The number of aliphatic hydroxyl groups is 1. The van der Waals surface area contributed by atoms with Crippen LogP contribution in [0.5, 0.6) is 0 Å². The van der Waals surface area contributed by atoms with Crippen molar-refractivity contribution in [3.05, 3.63) is 18.1 Å². The van der Waals surface area contributed by atoms with Crippen LogP contribution in [0.1, 0.15) is 18.5 Å². The van der Waals surface area contributed by atoms with Crippen LogP contribution in [0, 0.1) is 0 Å². The van der Waals surface area contributed by atoms with Gasteiger partial charge in [0, 0.05) is 12.6 Å². The number of aromatic nitrogens is 2. The molecular formula is C10H15N5O2. The third-order valence-electron chi connectivity index (χ3n) is 2.63. The van der Waals surface area contributed by atoms with Gasteiger partial charge in [-0.2, -0.15) is 0 Å². The van der Waals surface area contributed by atoms with Gasteiger partial charge < -0.3 is 20.9 Å². The summed E-state index contributed by atoms with van der Waals surface area (Å²) in [6.07, 6.45) is 5.26. The summed E-state index contributed by atoms with van der Waals surface area (Å²) in [7, 11) is 0. The predicted molar refractivity (Wildman–Crippen MR) is 62.0 cm³/mol. The number of hydrogen-bond donors (Lipinski definition) is 3. The molecule has 0 radical (unpaired) electrons. The third-order valence-corrected chi connectivity index (χ3v) is 2.63. The van der Waals surface area contributed by atoms with Gasteiger partial charge in [0.1, 0.15) is 11.5 Å². The minimum Gasteiger partial charge on any atom is -0.409 e. The van der Waals surface area contributed by atoms with E-state index in [4.69, 9.17) is 16.0 Å². The molecule has 1 aromatic heterocycles. The summed E-state index contributed by atoms with van der Waals surface area (Å²) in [4.78, 5) is 10.3. The van der Waals surface area contributed by atoms with Crippen molar-refractivity contribution in [3.8, 4) is 0 Å². The van der Waals surface area contributed by atoms with Crippen molar-refractivity contribution in [2.45, 2.75) is 18.9 Å². The molecule has 0 aromatic carbocycles. The Bertz CT molecular complexity index is 402. The number of anilines is 1. The summed E-state index contributed by atoms with van der Waals surface area (Å²) in [6, 6.07) is 0.450. The Morgan fingerprint density at radius 1 is 1.47 bits per heavy atom. The largest absolute Gasteiger partial charge is 0.409 e. The van der Waals surface area contributed by atoms with Crippen molar-refractivity contribution in [2.75, 3.05) is 18.1 Å². The fourth-order valence-electron chi connectivity index (χ4n) is 1.63. The second-order valence-electron chi connectivity index (χ2n) is 3.89. The molecule has 0 spiro atoms. The highest BCUT2D eigenvalue weighted by Gasteiger charge is 2.29. The lowest BCUT2D eigenvalue weighted by Crippen LogP contribution is -2.30. The van der Waals surface area contributed by atoms with E-state index in [1.807, 2.05) is 4.90 Å². The first-order chi connectivity index (χ1) is 8.26. The molecule has 0 bridgehead atoms. The average Bonchev–Trinajstić information content (AvgIpc) is 3.19. The molecule has 1 fully saturated rings. The first-order valence-electron chi connectivity index (χ1n) is 5.43. The van der Waals surface area contributed by atoms with Gasteiger partial charge in [0.2, 0.25) is 0 Å². The van der Waals surface area contributed by atoms with Crippen molar-refractivity contribution in [3.63, 3.8) is 0 Å². The van der Waals surface area contributed by atoms with E-state index in [2.05, 4.69) is 15.1 Å². The van der Waals surface area contributed by atoms with Crippen LogP contribution in [-0.4, -0.2) is 45.3 Å². The quantitative estimate of drug-likeness (QED) is 0.276. The number of oxime groups is 1. The van der Waals surface area contributed by atoms with Gasteiger partial charge in [0.05, 0.1) is 19.0 Å². The van der Waals surface area contributed by atoms with Gasteiger partial charge in [-0.25, -0.2) is 9.97 Å². The number of nitrogens with zero attached hydrogens (tertiary/aromatic N) is 4. The Labute approximate surface area is 98.6 Å². The molecular weight excluding hydrogens is 222 g/mol. The predicted octanol–water partition coefficient (Wildman–Crippen LogP) is -0.468. The fourth-order valence-corrected chi connectivity index (χ4v) is 1.63. The first kappa shape index (κ1) is 11.6. The molecule has 92 valence electrons. The maximum atomic E-state index is 8.99. The Hall–Kier alpha value is -1.89. The molecule has 2 rings (SSSR count). The highest BCUT2D eigenvalue weighted by molar-refractivity contribution is 5.94. The van der Waals surface area contributed by atoms with Crippen LogP contribution in [0.3, 0.4) is 0 Å². The molecule has 4 N–H and O–H groups in total. The van der Waals surface area contributed by atoms with E-state index in [1.54, 1.807) is 6.20 Å². The summed E-state index contributed by atoms with van der Waals surface area (Å²) >= 11 is 0. The SMILES string of the molecule is NC(=NO)c1cnc(N(CCO)C2CC2)cn1. The van der Waals surface area contributed by atoms with Crippen molar-refractivity contribution in [1.29, 1.82) is 0 Å². The average molecular weight is 237 g/mol. The Morgan fingerprint density at radius 2 is 2.24 bits per heavy atom. The Balaban J connectivity index is 2.15. The van der Waals surface area contributed by atoms with Gasteiger partial charge >= 0.3 is 0 Å². The molecule has 7 nitrogen and oxygen atoms in total. The number of aliphatic hydroxyl groups excluding tert-OH is 1. The molecule has 1 saturated carbocycles. The van der Waals surface area contributed by atoms with E-state index in [9.17, 15) is 0 Å². The van der Waals surface area contributed by atoms with Gasteiger partial charge in [0.25, 0.3) is 0 Å². The van der Waals surface area contributed by atoms with Gasteiger partial charge in [-0.05, 0) is 12.8 Å². The van der Waals surface area contributed by atoms with Crippen LogP contribution >= 0.6 is 0 Å². The Morgan fingerprint density at radius 3 is 2.71 bits per heavy atom. The van der Waals surface area contributed by atoms with Crippen LogP contribution < -0.4 is 10.6 Å². The van der Waals surface area contributed by atoms with E-state index in [-0.39, 0.29) is 12.4 Å². The van der Waals surface area contributed by atoms with E-state index < -0.39 is 0 Å². The maximum Gasteiger partial charge on any atom is 0.190 e. The van der Waals surface area contributed by atoms with Crippen LogP contribution in [0.4, 0.5) is 5.82 Å². The summed E-state index contributed by atoms with van der Waals surface area (Å²) < 4.78 is 0. The van der Waals surface area contributed by atoms with Gasteiger partial charge in [-0.1, -0.05) is 5.16 Å². The molecule has 0 aliphatic heterocycles. The molecule has 0 atom stereocenters. The van der Waals surface area contributed by atoms with Gasteiger partial charge in [-0.3, -0.25) is 0 Å². The zero-order valence-corrected chi connectivity index (χ0v) is 9.32.